The van der Waals surface area contributed by atoms with Crippen LogP contribution < -0.4 is 0 Å². The van der Waals surface area contributed by atoms with Gasteiger partial charge in [-0.15, -0.1) is 0 Å². The average Bonchev–Trinajstić information content (AvgIpc) is 2.25. The minimum atomic E-state index is -0.0893. The Morgan fingerprint density at radius 1 is 1.33 bits per heavy atom. The van der Waals surface area contributed by atoms with Crippen molar-refractivity contribution in [2.75, 3.05) is 26.2 Å². The van der Waals surface area contributed by atoms with Gasteiger partial charge in [-0.2, -0.15) is 0 Å². The zero-order valence-electron chi connectivity index (χ0n) is 9.69. The van der Waals surface area contributed by atoms with Crippen molar-refractivity contribution in [2.45, 2.75) is 44.8 Å². The first-order valence-corrected chi connectivity index (χ1v) is 6.27. The van der Waals surface area contributed by atoms with E-state index in [0.717, 1.165) is 32.7 Å². The summed E-state index contributed by atoms with van der Waals surface area (Å²) in [6.07, 6.45) is 5.04. The Morgan fingerprint density at radius 2 is 2.20 bits per heavy atom. The fourth-order valence-electron chi connectivity index (χ4n) is 2.62. The third-order valence-electron chi connectivity index (χ3n) is 3.68. The number of ether oxygens (including phenoxy) is 1. The molecule has 2 aliphatic heterocycles. The molecule has 2 aliphatic rings. The lowest BCUT2D eigenvalue weighted by Crippen LogP contribution is -2.45. The van der Waals surface area contributed by atoms with Crippen LogP contribution in [0.4, 0.5) is 0 Å². The number of nitrogens with zero attached hydrogens (tertiary/aromatic N) is 1. The molecule has 0 aromatic heterocycles. The number of hydrogen-bond donors (Lipinski definition) is 1. The molecule has 3 nitrogen and oxygen atoms in total. The fourth-order valence-corrected chi connectivity index (χ4v) is 2.62. The van der Waals surface area contributed by atoms with Crippen LogP contribution in [0.5, 0.6) is 0 Å². The molecule has 3 atom stereocenters. The van der Waals surface area contributed by atoms with Crippen molar-refractivity contribution in [1.29, 1.82) is 0 Å². The molecule has 88 valence electrons. The van der Waals surface area contributed by atoms with E-state index in [1.165, 1.54) is 19.3 Å². The number of likely N-dealkylation sites (tertiary alicyclic amines) is 1. The van der Waals surface area contributed by atoms with Crippen LogP contribution in [0, 0.1) is 5.92 Å². The van der Waals surface area contributed by atoms with Crippen LogP contribution in [0.1, 0.15) is 32.6 Å². The molecule has 1 N–H and O–H groups in total. The van der Waals surface area contributed by atoms with Gasteiger partial charge in [-0.1, -0.05) is 6.92 Å². The van der Waals surface area contributed by atoms with Gasteiger partial charge in [-0.05, 0) is 31.6 Å². The fraction of sp³-hybridized carbons (Fsp3) is 1.00. The lowest BCUT2D eigenvalue weighted by molar-refractivity contribution is -0.0288. The van der Waals surface area contributed by atoms with Crippen molar-refractivity contribution in [2.24, 2.45) is 5.92 Å². The van der Waals surface area contributed by atoms with Crippen LogP contribution in [0.2, 0.25) is 0 Å². The summed E-state index contributed by atoms with van der Waals surface area (Å²) in [4.78, 5) is 2.45. The van der Waals surface area contributed by atoms with Crippen LogP contribution in [0.15, 0.2) is 0 Å². The van der Waals surface area contributed by atoms with Gasteiger partial charge in [0.15, 0.2) is 0 Å². The van der Waals surface area contributed by atoms with Gasteiger partial charge in [0.2, 0.25) is 0 Å². The van der Waals surface area contributed by atoms with Crippen LogP contribution in [-0.4, -0.2) is 48.5 Å². The normalized spacial score (nSPS) is 39.2. The summed E-state index contributed by atoms with van der Waals surface area (Å²) in [7, 11) is 0. The molecule has 15 heavy (non-hydrogen) atoms. The molecule has 0 amide bonds. The summed E-state index contributed by atoms with van der Waals surface area (Å²) in [5.74, 6) is 0.419. The van der Waals surface area contributed by atoms with Crippen LogP contribution >= 0.6 is 0 Å². The van der Waals surface area contributed by atoms with Crippen molar-refractivity contribution in [3.8, 4) is 0 Å². The van der Waals surface area contributed by atoms with E-state index in [2.05, 4.69) is 11.8 Å². The minimum Gasteiger partial charge on any atom is -0.393 e. The van der Waals surface area contributed by atoms with Gasteiger partial charge in [0.1, 0.15) is 0 Å². The Hall–Kier alpha value is -0.120. The predicted molar refractivity (Wildman–Crippen MR) is 59.8 cm³/mol. The first kappa shape index (κ1) is 11.4. The molecule has 3 heteroatoms. The maximum Gasteiger partial charge on any atom is 0.0702 e. The van der Waals surface area contributed by atoms with Crippen molar-refractivity contribution in [3.63, 3.8) is 0 Å². The molecule has 2 saturated heterocycles. The van der Waals surface area contributed by atoms with E-state index in [1.807, 2.05) is 0 Å². The van der Waals surface area contributed by atoms with E-state index < -0.39 is 0 Å². The molecule has 0 bridgehead atoms. The maximum absolute atomic E-state index is 9.64. The number of rotatable bonds is 2. The number of aliphatic hydroxyl groups excluding tert-OH is 1. The van der Waals surface area contributed by atoms with Gasteiger partial charge < -0.3 is 14.7 Å². The highest BCUT2D eigenvalue weighted by atomic mass is 16.5. The molecular formula is C12H23NO2. The van der Waals surface area contributed by atoms with E-state index in [4.69, 9.17) is 4.74 Å². The van der Waals surface area contributed by atoms with Crippen LogP contribution in [0.3, 0.4) is 0 Å². The lowest BCUT2D eigenvalue weighted by Gasteiger charge is -2.37. The summed E-state index contributed by atoms with van der Waals surface area (Å²) in [6.45, 7) is 6.21. The topological polar surface area (TPSA) is 32.7 Å². The standard InChI is InChI=1S/C12H23NO2/c1-10-8-13(6-5-12(10)14)9-11-4-2-3-7-15-11/h10-12,14H,2-9H2,1H3. The Labute approximate surface area is 92.4 Å². The van der Waals surface area contributed by atoms with Crippen molar-refractivity contribution < 1.29 is 9.84 Å². The van der Waals surface area contributed by atoms with E-state index in [9.17, 15) is 5.11 Å². The highest BCUT2D eigenvalue weighted by molar-refractivity contribution is 4.79. The molecule has 0 aromatic carbocycles. The van der Waals surface area contributed by atoms with Gasteiger partial charge in [0.25, 0.3) is 0 Å². The Kier molecular flexibility index (Phi) is 4.00. The predicted octanol–water partition coefficient (Wildman–Crippen LogP) is 1.26. The highest BCUT2D eigenvalue weighted by Gasteiger charge is 2.26. The Balaban J connectivity index is 1.74. The quantitative estimate of drug-likeness (QED) is 0.749. The first-order chi connectivity index (χ1) is 7.25. The Bertz CT molecular complexity index is 192. The summed E-state index contributed by atoms with van der Waals surface area (Å²) < 4.78 is 5.74. The SMILES string of the molecule is CC1CN(CC2CCCCO2)CCC1O. The van der Waals surface area contributed by atoms with Crippen molar-refractivity contribution in [1.82, 2.24) is 4.90 Å². The summed E-state index contributed by atoms with van der Waals surface area (Å²) in [5.41, 5.74) is 0. The largest absolute Gasteiger partial charge is 0.393 e. The highest BCUT2D eigenvalue weighted by Crippen LogP contribution is 2.19. The average molecular weight is 213 g/mol. The monoisotopic (exact) mass is 213 g/mol. The molecule has 3 unspecified atom stereocenters. The third-order valence-corrected chi connectivity index (χ3v) is 3.68. The zero-order valence-corrected chi connectivity index (χ0v) is 9.69. The minimum absolute atomic E-state index is 0.0893. The molecule has 0 spiro atoms. The van der Waals surface area contributed by atoms with Crippen molar-refractivity contribution in [3.05, 3.63) is 0 Å². The van der Waals surface area contributed by atoms with Gasteiger partial charge in [-0.3, -0.25) is 0 Å². The van der Waals surface area contributed by atoms with Gasteiger partial charge in [-0.25, -0.2) is 0 Å². The van der Waals surface area contributed by atoms with E-state index >= 15 is 0 Å². The summed E-state index contributed by atoms with van der Waals surface area (Å²) in [5, 5.41) is 9.64. The number of hydrogen-bond acceptors (Lipinski definition) is 3. The number of piperidine rings is 1. The molecule has 2 rings (SSSR count). The second-order valence-corrected chi connectivity index (χ2v) is 5.08. The molecule has 0 aliphatic carbocycles. The maximum atomic E-state index is 9.64. The van der Waals surface area contributed by atoms with Crippen LogP contribution in [0.25, 0.3) is 0 Å². The third kappa shape index (κ3) is 3.16. The Morgan fingerprint density at radius 3 is 2.87 bits per heavy atom. The smallest absolute Gasteiger partial charge is 0.0702 e. The molecule has 0 radical (unpaired) electrons. The van der Waals surface area contributed by atoms with Gasteiger partial charge in [0.05, 0.1) is 12.2 Å². The van der Waals surface area contributed by atoms with Gasteiger partial charge in [0, 0.05) is 26.2 Å². The summed E-state index contributed by atoms with van der Waals surface area (Å²) >= 11 is 0. The van der Waals surface area contributed by atoms with Crippen LogP contribution in [-0.2, 0) is 4.74 Å². The zero-order chi connectivity index (χ0) is 10.7. The van der Waals surface area contributed by atoms with E-state index in [1.54, 1.807) is 0 Å². The number of aliphatic hydroxyl groups is 1. The molecular weight excluding hydrogens is 190 g/mol. The molecule has 0 saturated carbocycles. The van der Waals surface area contributed by atoms with Gasteiger partial charge >= 0.3 is 0 Å². The first-order valence-electron chi connectivity index (χ1n) is 6.27. The molecule has 2 fully saturated rings. The molecule has 0 aromatic rings. The second kappa shape index (κ2) is 5.28. The second-order valence-electron chi connectivity index (χ2n) is 5.08. The summed E-state index contributed by atoms with van der Waals surface area (Å²) in [6, 6.07) is 0. The molecule has 2 heterocycles. The lowest BCUT2D eigenvalue weighted by atomic mass is 9.96. The van der Waals surface area contributed by atoms with E-state index in [0.29, 0.717) is 12.0 Å². The van der Waals surface area contributed by atoms with Crippen molar-refractivity contribution >= 4 is 0 Å². The van der Waals surface area contributed by atoms with E-state index in [-0.39, 0.29) is 6.10 Å².